The van der Waals surface area contributed by atoms with E-state index in [2.05, 4.69) is 26.8 Å². The Bertz CT molecular complexity index is 262. The third-order valence-electron chi connectivity index (χ3n) is 4.22. The molecule has 1 heterocycles. The van der Waals surface area contributed by atoms with E-state index < -0.39 is 0 Å². The van der Waals surface area contributed by atoms with E-state index in [9.17, 15) is 0 Å². The standard InChI is InChI=1S/C13H22O2/c1-9-5-10(2)13(11(3)6-9)7-14-12(4)15-8-13/h5,10-12H,6-8H2,1-4H3/t10-,11-,12?,13?/m1/s1. The van der Waals surface area contributed by atoms with Gasteiger partial charge < -0.3 is 9.47 Å². The number of allylic oxidation sites excluding steroid dienone is 2. The van der Waals surface area contributed by atoms with Crippen molar-refractivity contribution in [3.8, 4) is 0 Å². The van der Waals surface area contributed by atoms with Gasteiger partial charge in [0.05, 0.1) is 13.2 Å². The van der Waals surface area contributed by atoms with Crippen LogP contribution in [-0.4, -0.2) is 19.5 Å². The van der Waals surface area contributed by atoms with Gasteiger partial charge in [-0.1, -0.05) is 25.5 Å². The van der Waals surface area contributed by atoms with Crippen LogP contribution >= 0.6 is 0 Å². The first-order valence-corrected chi connectivity index (χ1v) is 5.95. The Morgan fingerprint density at radius 2 is 1.80 bits per heavy atom. The van der Waals surface area contributed by atoms with Gasteiger partial charge in [0.2, 0.25) is 0 Å². The first-order valence-electron chi connectivity index (χ1n) is 5.95. The van der Waals surface area contributed by atoms with Crippen molar-refractivity contribution in [3.63, 3.8) is 0 Å². The summed E-state index contributed by atoms with van der Waals surface area (Å²) in [4.78, 5) is 0. The molecule has 2 aliphatic rings. The fourth-order valence-electron chi connectivity index (χ4n) is 2.98. The molecule has 1 aliphatic carbocycles. The smallest absolute Gasteiger partial charge is 0.154 e. The van der Waals surface area contributed by atoms with Crippen molar-refractivity contribution in [2.45, 2.75) is 40.4 Å². The fraction of sp³-hybridized carbons (Fsp3) is 0.846. The SMILES string of the molecule is CC1=C[C@@H](C)C2(COC(C)OC2)[C@H](C)C1. The summed E-state index contributed by atoms with van der Waals surface area (Å²) in [6.45, 7) is 10.5. The first kappa shape index (κ1) is 11.2. The molecule has 0 radical (unpaired) electrons. The predicted octanol–water partition coefficient (Wildman–Crippen LogP) is 2.99. The molecule has 0 saturated carbocycles. The minimum absolute atomic E-state index is 0.0259. The van der Waals surface area contributed by atoms with Crippen LogP contribution in [0.5, 0.6) is 0 Å². The van der Waals surface area contributed by atoms with E-state index in [1.165, 1.54) is 12.0 Å². The van der Waals surface area contributed by atoms with Gasteiger partial charge in [-0.2, -0.15) is 0 Å². The summed E-state index contributed by atoms with van der Waals surface area (Å²) < 4.78 is 11.4. The Morgan fingerprint density at radius 3 is 2.33 bits per heavy atom. The maximum Gasteiger partial charge on any atom is 0.154 e. The summed E-state index contributed by atoms with van der Waals surface area (Å²) in [5.41, 5.74) is 1.73. The van der Waals surface area contributed by atoms with Crippen LogP contribution in [0.1, 0.15) is 34.1 Å². The van der Waals surface area contributed by atoms with E-state index in [0.29, 0.717) is 11.8 Å². The van der Waals surface area contributed by atoms with Crippen molar-refractivity contribution < 1.29 is 9.47 Å². The van der Waals surface area contributed by atoms with Crippen LogP contribution in [0.4, 0.5) is 0 Å². The van der Waals surface area contributed by atoms with Crippen LogP contribution in [0, 0.1) is 17.3 Å². The van der Waals surface area contributed by atoms with Gasteiger partial charge in [0.15, 0.2) is 6.29 Å². The highest BCUT2D eigenvalue weighted by molar-refractivity contribution is 5.13. The van der Waals surface area contributed by atoms with Crippen LogP contribution in [0.15, 0.2) is 11.6 Å². The molecule has 2 heteroatoms. The lowest BCUT2D eigenvalue weighted by Gasteiger charge is -2.49. The lowest BCUT2D eigenvalue weighted by molar-refractivity contribution is -0.242. The van der Waals surface area contributed by atoms with Crippen LogP contribution in [0.2, 0.25) is 0 Å². The van der Waals surface area contributed by atoms with E-state index in [-0.39, 0.29) is 11.7 Å². The van der Waals surface area contributed by atoms with Crippen molar-refractivity contribution >= 4 is 0 Å². The van der Waals surface area contributed by atoms with E-state index in [1.807, 2.05) is 6.92 Å². The second-order valence-corrected chi connectivity index (χ2v) is 5.33. The van der Waals surface area contributed by atoms with Crippen LogP contribution in [-0.2, 0) is 9.47 Å². The summed E-state index contributed by atoms with van der Waals surface area (Å²) >= 11 is 0. The normalized spacial score (nSPS) is 46.7. The minimum Gasteiger partial charge on any atom is -0.352 e. The molecular formula is C13H22O2. The Morgan fingerprint density at radius 1 is 1.20 bits per heavy atom. The summed E-state index contributed by atoms with van der Waals surface area (Å²) in [6, 6.07) is 0. The molecule has 86 valence electrons. The predicted molar refractivity (Wildman–Crippen MR) is 60.5 cm³/mol. The largest absolute Gasteiger partial charge is 0.352 e. The molecule has 0 bridgehead atoms. The summed E-state index contributed by atoms with van der Waals surface area (Å²) in [7, 11) is 0. The van der Waals surface area contributed by atoms with Gasteiger partial charge in [-0.25, -0.2) is 0 Å². The molecule has 1 saturated heterocycles. The van der Waals surface area contributed by atoms with Crippen LogP contribution in [0.25, 0.3) is 0 Å². The third kappa shape index (κ3) is 1.85. The number of hydrogen-bond donors (Lipinski definition) is 0. The van der Waals surface area contributed by atoms with Crippen LogP contribution in [0.3, 0.4) is 0 Å². The Balaban J connectivity index is 2.19. The Labute approximate surface area is 92.6 Å². The van der Waals surface area contributed by atoms with Crippen molar-refractivity contribution in [2.75, 3.05) is 13.2 Å². The summed E-state index contributed by atoms with van der Waals surface area (Å²) in [5, 5.41) is 0. The zero-order valence-corrected chi connectivity index (χ0v) is 10.2. The lowest BCUT2D eigenvalue weighted by atomic mass is 9.63. The number of ether oxygens (including phenoxy) is 2. The van der Waals surface area contributed by atoms with Gasteiger partial charge in [0.25, 0.3) is 0 Å². The molecule has 0 unspecified atom stereocenters. The highest BCUT2D eigenvalue weighted by atomic mass is 16.7. The third-order valence-corrected chi connectivity index (χ3v) is 4.22. The highest BCUT2D eigenvalue weighted by Gasteiger charge is 2.46. The van der Waals surface area contributed by atoms with Gasteiger partial charge in [-0.05, 0) is 32.1 Å². The van der Waals surface area contributed by atoms with Gasteiger partial charge in [0, 0.05) is 5.41 Å². The van der Waals surface area contributed by atoms with Gasteiger partial charge >= 0.3 is 0 Å². The molecular weight excluding hydrogens is 188 g/mol. The maximum absolute atomic E-state index is 5.70. The monoisotopic (exact) mass is 210 g/mol. The summed E-state index contributed by atoms with van der Waals surface area (Å²) in [5.74, 6) is 1.22. The second kappa shape index (κ2) is 3.91. The van der Waals surface area contributed by atoms with E-state index >= 15 is 0 Å². The van der Waals surface area contributed by atoms with E-state index in [4.69, 9.17) is 9.47 Å². The molecule has 2 nitrogen and oxygen atoms in total. The minimum atomic E-state index is -0.0259. The average molecular weight is 210 g/mol. The zero-order chi connectivity index (χ0) is 11.1. The lowest BCUT2D eigenvalue weighted by Crippen LogP contribution is -2.50. The van der Waals surface area contributed by atoms with Crippen molar-refractivity contribution in [2.24, 2.45) is 17.3 Å². The molecule has 2 rings (SSSR count). The maximum atomic E-state index is 5.70. The summed E-state index contributed by atoms with van der Waals surface area (Å²) in [6.07, 6.45) is 3.55. The highest BCUT2D eigenvalue weighted by Crippen LogP contribution is 2.46. The molecule has 15 heavy (non-hydrogen) atoms. The second-order valence-electron chi connectivity index (χ2n) is 5.33. The molecule has 0 aromatic rings. The van der Waals surface area contributed by atoms with Crippen LogP contribution < -0.4 is 0 Å². The van der Waals surface area contributed by atoms with Gasteiger partial charge in [-0.15, -0.1) is 0 Å². The van der Waals surface area contributed by atoms with E-state index in [1.54, 1.807) is 0 Å². The molecule has 1 spiro atoms. The molecule has 0 amide bonds. The Hall–Kier alpha value is -0.340. The average Bonchev–Trinajstić information content (AvgIpc) is 2.16. The molecule has 2 atom stereocenters. The van der Waals surface area contributed by atoms with Crippen molar-refractivity contribution in [1.29, 1.82) is 0 Å². The molecule has 1 fully saturated rings. The molecule has 1 aliphatic heterocycles. The Kier molecular flexibility index (Phi) is 2.91. The van der Waals surface area contributed by atoms with Crippen molar-refractivity contribution in [1.82, 2.24) is 0 Å². The quantitative estimate of drug-likeness (QED) is 0.572. The van der Waals surface area contributed by atoms with Gasteiger partial charge in [-0.3, -0.25) is 0 Å². The first-order chi connectivity index (χ1) is 7.04. The zero-order valence-electron chi connectivity index (χ0n) is 10.2. The van der Waals surface area contributed by atoms with Gasteiger partial charge in [0.1, 0.15) is 0 Å². The topological polar surface area (TPSA) is 18.5 Å². The molecule has 0 aromatic heterocycles. The molecule has 0 N–H and O–H groups in total. The number of rotatable bonds is 0. The van der Waals surface area contributed by atoms with E-state index in [0.717, 1.165) is 13.2 Å². The molecule has 0 aromatic carbocycles. The fourth-order valence-corrected chi connectivity index (χ4v) is 2.98. The number of hydrogen-bond acceptors (Lipinski definition) is 2. The van der Waals surface area contributed by atoms with Crippen molar-refractivity contribution in [3.05, 3.63) is 11.6 Å².